The molecule has 10 heteroatoms. The maximum atomic E-state index is 13.0. The number of sulfonamides is 1. The second kappa shape index (κ2) is 10.2. The van der Waals surface area contributed by atoms with Gasteiger partial charge in [0, 0.05) is 34.2 Å². The number of amides is 1. The molecule has 0 unspecified atom stereocenters. The first-order valence-electron chi connectivity index (χ1n) is 10.4. The van der Waals surface area contributed by atoms with E-state index < -0.39 is 28.5 Å². The van der Waals surface area contributed by atoms with Crippen molar-refractivity contribution < 1.29 is 27.2 Å². The van der Waals surface area contributed by atoms with Crippen molar-refractivity contribution in [1.82, 2.24) is 9.21 Å². The number of piperidine rings is 1. The predicted molar refractivity (Wildman–Crippen MR) is 119 cm³/mol. The summed E-state index contributed by atoms with van der Waals surface area (Å²) in [4.78, 5) is 28.8. The van der Waals surface area contributed by atoms with Gasteiger partial charge in [0.05, 0.1) is 29.0 Å². The van der Waals surface area contributed by atoms with E-state index in [2.05, 4.69) is 4.90 Å². The first-order valence-corrected chi connectivity index (χ1v) is 11.9. The molecule has 9 nitrogen and oxygen atoms in total. The Bertz CT molecular complexity index is 1040. The third-order valence-corrected chi connectivity index (χ3v) is 7.20. The molecule has 174 valence electrons. The van der Waals surface area contributed by atoms with Gasteiger partial charge in [0.1, 0.15) is 5.76 Å². The third-order valence-electron chi connectivity index (χ3n) is 5.39. The Morgan fingerprint density at radius 3 is 2.44 bits per heavy atom. The van der Waals surface area contributed by atoms with Crippen LogP contribution in [0.2, 0.25) is 0 Å². The van der Waals surface area contributed by atoms with Crippen LogP contribution in [0.1, 0.15) is 35.4 Å². The monoisotopic (exact) mass is 463 g/mol. The first kappa shape index (κ1) is 23.8. The molecule has 0 radical (unpaired) electrons. The van der Waals surface area contributed by atoms with E-state index >= 15 is 0 Å². The van der Waals surface area contributed by atoms with Gasteiger partial charge in [-0.05, 0) is 49.6 Å². The summed E-state index contributed by atoms with van der Waals surface area (Å²) in [5, 5.41) is 0. The van der Waals surface area contributed by atoms with Gasteiger partial charge in [0.25, 0.3) is 5.91 Å². The van der Waals surface area contributed by atoms with E-state index in [1.54, 1.807) is 25.2 Å². The zero-order valence-electron chi connectivity index (χ0n) is 18.6. The molecule has 0 spiro atoms. The lowest BCUT2D eigenvalue weighted by molar-refractivity contribution is -0.133. The number of carbonyl (C=O) groups is 2. The molecule has 1 saturated heterocycles. The average Bonchev–Trinajstić information content (AvgIpc) is 3.30. The van der Waals surface area contributed by atoms with Crippen LogP contribution in [0.3, 0.4) is 0 Å². The van der Waals surface area contributed by atoms with Crippen molar-refractivity contribution in [3.05, 3.63) is 47.9 Å². The van der Waals surface area contributed by atoms with Gasteiger partial charge in [-0.1, -0.05) is 0 Å². The largest absolute Gasteiger partial charge is 0.467 e. The maximum absolute atomic E-state index is 13.0. The number of ether oxygens (including phenoxy) is 1. The zero-order chi connectivity index (χ0) is 23.3. The molecule has 1 aromatic heterocycles. The van der Waals surface area contributed by atoms with E-state index in [0.29, 0.717) is 11.4 Å². The van der Waals surface area contributed by atoms with Crippen LogP contribution in [-0.2, 0) is 26.1 Å². The minimum atomic E-state index is -3.73. The Morgan fingerprint density at radius 1 is 1.09 bits per heavy atom. The van der Waals surface area contributed by atoms with Crippen LogP contribution >= 0.6 is 0 Å². The van der Waals surface area contributed by atoms with Crippen LogP contribution in [-0.4, -0.2) is 70.3 Å². The molecule has 1 amide bonds. The summed E-state index contributed by atoms with van der Waals surface area (Å²) in [7, 11) is 0.713. The molecule has 1 aromatic carbocycles. The van der Waals surface area contributed by atoms with Crippen LogP contribution < -0.4 is 4.90 Å². The molecule has 32 heavy (non-hydrogen) atoms. The molecule has 1 aliphatic rings. The quantitative estimate of drug-likeness (QED) is 0.554. The fraction of sp³-hybridized carbons (Fsp3) is 0.455. The summed E-state index contributed by atoms with van der Waals surface area (Å²) >= 11 is 0. The smallest absolute Gasteiger partial charge is 0.340 e. The summed E-state index contributed by atoms with van der Waals surface area (Å²) < 4.78 is 36.8. The topological polar surface area (TPSA) is 100 Å². The number of hydrogen-bond donors (Lipinski definition) is 0. The predicted octanol–water partition coefficient (Wildman–Crippen LogP) is 2.34. The van der Waals surface area contributed by atoms with Crippen molar-refractivity contribution in [2.45, 2.75) is 30.7 Å². The van der Waals surface area contributed by atoms with E-state index in [-0.39, 0.29) is 17.0 Å². The van der Waals surface area contributed by atoms with Crippen molar-refractivity contribution in [2.24, 2.45) is 0 Å². The highest BCUT2D eigenvalue weighted by Crippen LogP contribution is 2.28. The molecule has 0 atom stereocenters. The molecule has 0 bridgehead atoms. The number of nitrogens with zero attached hydrogens (tertiary/aromatic N) is 3. The van der Waals surface area contributed by atoms with Crippen LogP contribution in [0.4, 0.5) is 5.69 Å². The minimum Gasteiger partial charge on any atom is -0.467 e. The molecule has 3 rings (SSSR count). The van der Waals surface area contributed by atoms with E-state index in [4.69, 9.17) is 9.15 Å². The maximum Gasteiger partial charge on any atom is 0.340 e. The lowest BCUT2D eigenvalue weighted by atomic mass is 10.1. The van der Waals surface area contributed by atoms with Gasteiger partial charge in [-0.15, -0.1) is 0 Å². The number of benzene rings is 1. The van der Waals surface area contributed by atoms with Crippen molar-refractivity contribution in [1.29, 1.82) is 0 Å². The second-order valence-electron chi connectivity index (χ2n) is 7.92. The molecule has 2 heterocycles. The summed E-state index contributed by atoms with van der Waals surface area (Å²) in [6.07, 6.45) is 4.61. The molecule has 2 aromatic rings. The van der Waals surface area contributed by atoms with E-state index in [9.17, 15) is 18.0 Å². The Balaban J connectivity index is 1.79. The highest BCUT2D eigenvalue weighted by molar-refractivity contribution is 7.89. The summed E-state index contributed by atoms with van der Waals surface area (Å²) in [6.45, 7) is 1.33. The van der Waals surface area contributed by atoms with Crippen LogP contribution in [0.25, 0.3) is 0 Å². The highest BCUT2D eigenvalue weighted by atomic mass is 32.2. The molecular weight excluding hydrogens is 434 g/mol. The normalized spacial score (nSPS) is 14.4. The number of anilines is 1. The average molecular weight is 464 g/mol. The summed E-state index contributed by atoms with van der Waals surface area (Å²) in [6, 6.07) is 7.95. The highest BCUT2D eigenvalue weighted by Gasteiger charge is 2.25. The zero-order valence-corrected chi connectivity index (χ0v) is 19.4. The fourth-order valence-corrected chi connectivity index (χ4v) is 4.43. The van der Waals surface area contributed by atoms with Crippen LogP contribution in [0.15, 0.2) is 45.9 Å². The lowest BCUT2D eigenvalue weighted by Crippen LogP contribution is -2.33. The number of likely N-dealkylation sites (N-methyl/N-ethyl adjacent to an activating group) is 1. The molecule has 1 aliphatic heterocycles. The molecule has 0 N–H and O–H groups in total. The Hall–Kier alpha value is -2.85. The number of hydrogen-bond acceptors (Lipinski definition) is 7. The van der Waals surface area contributed by atoms with Gasteiger partial charge in [-0.2, -0.15) is 0 Å². The van der Waals surface area contributed by atoms with Gasteiger partial charge in [0.2, 0.25) is 10.0 Å². The fourth-order valence-electron chi connectivity index (χ4n) is 3.50. The SMILES string of the molecule is CN(Cc1ccco1)C(=O)COC(=O)c1cc(S(=O)(=O)N(C)C)ccc1N1CCCCC1. The van der Waals surface area contributed by atoms with Gasteiger partial charge >= 0.3 is 5.97 Å². The van der Waals surface area contributed by atoms with Gasteiger partial charge < -0.3 is 19.0 Å². The lowest BCUT2D eigenvalue weighted by Gasteiger charge is -2.30. The first-order chi connectivity index (χ1) is 15.2. The molecule has 0 aliphatic carbocycles. The Labute approximate surface area is 188 Å². The summed E-state index contributed by atoms with van der Waals surface area (Å²) in [5.41, 5.74) is 0.750. The molecule has 1 fully saturated rings. The Morgan fingerprint density at radius 2 is 1.81 bits per heavy atom. The third kappa shape index (κ3) is 5.49. The standard InChI is InChI=1S/C22H29N3O6S/c1-23(2)32(28,29)18-9-10-20(25-11-5-4-6-12-25)19(14-18)22(27)31-16-21(26)24(3)15-17-8-7-13-30-17/h7-10,13-14H,4-6,11-12,15-16H2,1-3H3. The van der Waals surface area contributed by atoms with Crippen LogP contribution in [0.5, 0.6) is 0 Å². The van der Waals surface area contributed by atoms with Gasteiger partial charge in [-0.25, -0.2) is 17.5 Å². The number of furan rings is 1. The number of rotatable bonds is 8. The Kier molecular flexibility index (Phi) is 7.57. The number of esters is 1. The van der Waals surface area contributed by atoms with Crippen molar-refractivity contribution in [3.63, 3.8) is 0 Å². The van der Waals surface area contributed by atoms with Crippen molar-refractivity contribution in [2.75, 3.05) is 45.7 Å². The van der Waals surface area contributed by atoms with Gasteiger partial charge in [-0.3, -0.25) is 4.79 Å². The minimum absolute atomic E-state index is 0.00327. The van der Waals surface area contributed by atoms with Crippen molar-refractivity contribution in [3.8, 4) is 0 Å². The second-order valence-corrected chi connectivity index (χ2v) is 10.1. The van der Waals surface area contributed by atoms with Crippen molar-refractivity contribution >= 4 is 27.6 Å². The summed E-state index contributed by atoms with van der Waals surface area (Å²) in [5.74, 6) is -0.520. The molecule has 0 saturated carbocycles. The van der Waals surface area contributed by atoms with E-state index in [1.807, 2.05) is 0 Å². The van der Waals surface area contributed by atoms with Crippen LogP contribution in [0, 0.1) is 0 Å². The van der Waals surface area contributed by atoms with Gasteiger partial charge in [0.15, 0.2) is 6.61 Å². The van der Waals surface area contributed by atoms with E-state index in [1.165, 1.54) is 37.4 Å². The number of carbonyl (C=O) groups excluding carboxylic acids is 2. The molecular formula is C22H29N3O6S. The van der Waals surface area contributed by atoms with E-state index in [0.717, 1.165) is 36.7 Å².